The lowest BCUT2D eigenvalue weighted by Gasteiger charge is -2.27. The number of benzene rings is 1. The summed E-state index contributed by atoms with van der Waals surface area (Å²) in [5, 5.41) is 9.44. The highest BCUT2D eigenvalue weighted by Crippen LogP contribution is 2.24. The molecule has 20 heavy (non-hydrogen) atoms. The Balaban J connectivity index is 2.03. The topological polar surface area (TPSA) is 66.6 Å². The van der Waals surface area contributed by atoms with Crippen molar-refractivity contribution < 1.29 is 9.90 Å². The second kappa shape index (κ2) is 7.07. The van der Waals surface area contributed by atoms with Crippen LogP contribution in [-0.2, 0) is 11.3 Å². The minimum absolute atomic E-state index is 0.0815. The van der Waals surface area contributed by atoms with Gasteiger partial charge in [-0.3, -0.25) is 9.69 Å². The van der Waals surface area contributed by atoms with Crippen molar-refractivity contribution in [1.82, 2.24) is 4.90 Å². The molecule has 1 aliphatic heterocycles. The molecule has 1 saturated heterocycles. The van der Waals surface area contributed by atoms with Crippen LogP contribution in [0.3, 0.4) is 0 Å². The van der Waals surface area contributed by atoms with Crippen molar-refractivity contribution in [1.29, 1.82) is 0 Å². The fraction of sp³-hybridized carbons (Fsp3) is 0.533. The largest absolute Gasteiger partial charge is 0.481 e. The van der Waals surface area contributed by atoms with Gasteiger partial charge in [0.1, 0.15) is 0 Å². The monoisotopic (exact) mass is 296 g/mol. The van der Waals surface area contributed by atoms with Gasteiger partial charge in [-0.1, -0.05) is 30.2 Å². The number of carbonyl (C=O) groups is 1. The molecule has 4 nitrogen and oxygen atoms in total. The minimum Gasteiger partial charge on any atom is -0.481 e. The van der Waals surface area contributed by atoms with E-state index in [9.17, 15) is 4.79 Å². The average molecular weight is 297 g/mol. The highest BCUT2D eigenvalue weighted by molar-refractivity contribution is 6.31. The fourth-order valence-corrected chi connectivity index (χ4v) is 2.84. The summed E-state index contributed by atoms with van der Waals surface area (Å²) in [5.74, 6) is -0.897. The van der Waals surface area contributed by atoms with Crippen LogP contribution < -0.4 is 5.73 Å². The predicted molar refractivity (Wildman–Crippen MR) is 79.8 cm³/mol. The van der Waals surface area contributed by atoms with Crippen molar-refractivity contribution in [3.8, 4) is 0 Å². The molecule has 1 atom stereocenters. The highest BCUT2D eigenvalue weighted by Gasteiger charge is 2.15. The number of piperidine rings is 1. The number of aliphatic carboxylic acids is 1. The second-order valence-electron chi connectivity index (χ2n) is 5.39. The number of carboxylic acid groups (broad SMARTS) is 1. The number of nitrogens with zero attached hydrogens (tertiary/aromatic N) is 1. The van der Waals surface area contributed by atoms with E-state index in [1.165, 1.54) is 19.3 Å². The van der Waals surface area contributed by atoms with Gasteiger partial charge >= 0.3 is 5.97 Å². The van der Waals surface area contributed by atoms with Gasteiger partial charge in [0.15, 0.2) is 0 Å². The quantitative estimate of drug-likeness (QED) is 0.877. The maximum absolute atomic E-state index is 10.7. The van der Waals surface area contributed by atoms with E-state index in [-0.39, 0.29) is 6.42 Å². The van der Waals surface area contributed by atoms with Crippen molar-refractivity contribution in [3.63, 3.8) is 0 Å². The number of hydrogen-bond donors (Lipinski definition) is 2. The molecule has 0 amide bonds. The molecule has 0 spiro atoms. The first-order valence-corrected chi connectivity index (χ1v) is 7.42. The first-order chi connectivity index (χ1) is 9.56. The van der Waals surface area contributed by atoms with E-state index >= 15 is 0 Å². The Hall–Kier alpha value is -1.10. The summed E-state index contributed by atoms with van der Waals surface area (Å²) >= 11 is 6.30. The maximum atomic E-state index is 10.7. The maximum Gasteiger partial charge on any atom is 0.305 e. The molecule has 3 N–H and O–H groups in total. The molecule has 1 heterocycles. The fourth-order valence-electron chi connectivity index (χ4n) is 2.59. The van der Waals surface area contributed by atoms with Crippen LogP contribution in [0, 0.1) is 0 Å². The Morgan fingerprint density at radius 1 is 1.35 bits per heavy atom. The van der Waals surface area contributed by atoms with E-state index in [4.69, 9.17) is 22.4 Å². The molecule has 5 heteroatoms. The lowest BCUT2D eigenvalue weighted by molar-refractivity contribution is -0.137. The van der Waals surface area contributed by atoms with E-state index in [0.29, 0.717) is 5.02 Å². The summed E-state index contributed by atoms with van der Waals surface area (Å²) in [5.41, 5.74) is 7.71. The average Bonchev–Trinajstić information content (AvgIpc) is 2.41. The van der Waals surface area contributed by atoms with Gasteiger partial charge in [0.2, 0.25) is 0 Å². The second-order valence-corrected chi connectivity index (χ2v) is 5.80. The number of nitrogens with two attached hydrogens (primary N) is 1. The van der Waals surface area contributed by atoms with Crippen molar-refractivity contribution >= 4 is 17.6 Å². The first kappa shape index (κ1) is 15.3. The van der Waals surface area contributed by atoms with Gasteiger partial charge < -0.3 is 10.8 Å². The minimum atomic E-state index is -0.897. The number of halogens is 1. The third-order valence-corrected chi connectivity index (χ3v) is 4.09. The van der Waals surface area contributed by atoms with Gasteiger partial charge in [-0.05, 0) is 43.1 Å². The third-order valence-electron chi connectivity index (χ3n) is 3.74. The molecule has 1 aromatic rings. The van der Waals surface area contributed by atoms with Crippen molar-refractivity contribution in [2.45, 2.75) is 38.3 Å². The van der Waals surface area contributed by atoms with Gasteiger partial charge in [-0.2, -0.15) is 0 Å². The van der Waals surface area contributed by atoms with Crippen LogP contribution in [0.15, 0.2) is 18.2 Å². The smallest absolute Gasteiger partial charge is 0.305 e. The molecule has 0 bridgehead atoms. The molecular formula is C15H21ClN2O2. The van der Waals surface area contributed by atoms with Gasteiger partial charge in [-0.25, -0.2) is 0 Å². The van der Waals surface area contributed by atoms with E-state index in [2.05, 4.69) is 4.90 Å². The van der Waals surface area contributed by atoms with Crippen LogP contribution in [0.5, 0.6) is 0 Å². The van der Waals surface area contributed by atoms with Crippen LogP contribution >= 0.6 is 11.6 Å². The lowest BCUT2D eigenvalue weighted by atomic mass is 10.0. The Bertz CT molecular complexity index is 473. The number of rotatable bonds is 5. The van der Waals surface area contributed by atoms with E-state index < -0.39 is 12.0 Å². The number of carboxylic acids is 1. The Labute approximate surface area is 124 Å². The lowest BCUT2D eigenvalue weighted by Crippen LogP contribution is -2.29. The molecular weight excluding hydrogens is 276 g/mol. The summed E-state index contributed by atoms with van der Waals surface area (Å²) in [4.78, 5) is 13.1. The van der Waals surface area contributed by atoms with Crippen LogP contribution in [0.4, 0.5) is 0 Å². The Morgan fingerprint density at radius 2 is 2.05 bits per heavy atom. The van der Waals surface area contributed by atoms with Crippen LogP contribution in [-0.4, -0.2) is 29.1 Å². The Morgan fingerprint density at radius 3 is 2.65 bits per heavy atom. The SMILES string of the molecule is NC(CC(=O)O)c1ccc(CN2CCCCC2)c(Cl)c1. The van der Waals surface area contributed by atoms with Crippen LogP contribution in [0.2, 0.25) is 5.02 Å². The zero-order valence-electron chi connectivity index (χ0n) is 11.5. The zero-order chi connectivity index (χ0) is 14.5. The van der Waals surface area contributed by atoms with Crippen molar-refractivity contribution in [2.75, 3.05) is 13.1 Å². The molecule has 1 fully saturated rings. The third kappa shape index (κ3) is 4.20. The van der Waals surface area contributed by atoms with Gasteiger partial charge in [-0.15, -0.1) is 0 Å². The van der Waals surface area contributed by atoms with Gasteiger partial charge in [0.05, 0.1) is 6.42 Å². The summed E-state index contributed by atoms with van der Waals surface area (Å²) in [6, 6.07) is 5.15. The van der Waals surface area contributed by atoms with E-state index in [0.717, 1.165) is 30.8 Å². The summed E-state index contributed by atoms with van der Waals surface area (Å²) in [6.45, 7) is 3.10. The molecule has 0 aliphatic carbocycles. The summed E-state index contributed by atoms with van der Waals surface area (Å²) < 4.78 is 0. The standard InChI is InChI=1S/C15H21ClN2O2/c16-13-8-11(14(17)9-15(19)20)4-5-12(13)10-18-6-2-1-3-7-18/h4-5,8,14H,1-3,6-7,9-10,17H2,(H,19,20). The molecule has 0 radical (unpaired) electrons. The van der Waals surface area contributed by atoms with Crippen LogP contribution in [0.1, 0.15) is 42.9 Å². The van der Waals surface area contributed by atoms with Gasteiger partial charge in [0.25, 0.3) is 0 Å². The zero-order valence-corrected chi connectivity index (χ0v) is 12.3. The predicted octanol–water partition coefficient (Wildman–Crippen LogP) is 2.80. The normalized spacial score (nSPS) is 17.9. The number of hydrogen-bond acceptors (Lipinski definition) is 3. The first-order valence-electron chi connectivity index (χ1n) is 7.04. The molecule has 2 rings (SSSR count). The molecule has 0 aromatic heterocycles. The van der Waals surface area contributed by atoms with E-state index in [1.807, 2.05) is 12.1 Å². The van der Waals surface area contributed by atoms with Gasteiger partial charge in [0, 0.05) is 17.6 Å². The summed E-state index contributed by atoms with van der Waals surface area (Å²) in [7, 11) is 0. The van der Waals surface area contributed by atoms with E-state index in [1.54, 1.807) is 6.07 Å². The number of likely N-dealkylation sites (tertiary alicyclic amines) is 1. The molecule has 110 valence electrons. The van der Waals surface area contributed by atoms with Crippen molar-refractivity contribution in [2.24, 2.45) is 5.73 Å². The molecule has 0 saturated carbocycles. The molecule has 1 unspecified atom stereocenters. The molecule has 1 aliphatic rings. The summed E-state index contributed by atoms with van der Waals surface area (Å²) in [6.07, 6.45) is 3.73. The highest BCUT2D eigenvalue weighted by atomic mass is 35.5. The Kier molecular flexibility index (Phi) is 5.40. The van der Waals surface area contributed by atoms with Crippen LogP contribution in [0.25, 0.3) is 0 Å². The van der Waals surface area contributed by atoms with Crippen molar-refractivity contribution in [3.05, 3.63) is 34.3 Å². The molecule has 1 aromatic carbocycles.